The third kappa shape index (κ3) is 5.57. The average molecular weight is 536 g/mol. The SMILES string of the molecule is CN(C(=O)OCc1ccccc1)C1CCc2ccc(C3=CCN(C(=O)CN4C(=O)CSC4=S)CC3)cc21. The molecule has 1 unspecified atom stereocenters. The van der Waals surface area contributed by atoms with Crippen molar-refractivity contribution in [2.75, 3.05) is 32.4 Å². The van der Waals surface area contributed by atoms with Crippen molar-refractivity contribution in [3.63, 3.8) is 0 Å². The lowest BCUT2D eigenvalue weighted by atomic mass is 9.95. The van der Waals surface area contributed by atoms with E-state index in [-0.39, 0.29) is 37.1 Å². The Bertz CT molecular complexity index is 1250. The molecule has 0 bridgehead atoms. The minimum absolute atomic E-state index is 0.0150. The van der Waals surface area contributed by atoms with Gasteiger partial charge in [0.2, 0.25) is 11.8 Å². The van der Waals surface area contributed by atoms with E-state index in [1.165, 1.54) is 27.8 Å². The number of thioether (sulfide) groups is 1. The van der Waals surface area contributed by atoms with Gasteiger partial charge < -0.3 is 14.5 Å². The molecule has 3 amide bonds. The highest BCUT2D eigenvalue weighted by atomic mass is 32.2. The Kier molecular flexibility index (Phi) is 7.62. The van der Waals surface area contributed by atoms with Crippen molar-refractivity contribution in [3.05, 3.63) is 76.9 Å². The van der Waals surface area contributed by atoms with Gasteiger partial charge in [0.15, 0.2) is 0 Å². The molecular formula is C28H29N3O4S2. The van der Waals surface area contributed by atoms with Gasteiger partial charge in [0.1, 0.15) is 17.5 Å². The molecule has 2 heterocycles. The maximum Gasteiger partial charge on any atom is 0.410 e. The molecule has 3 aliphatic rings. The van der Waals surface area contributed by atoms with E-state index in [4.69, 9.17) is 17.0 Å². The van der Waals surface area contributed by atoms with Crippen LogP contribution in [0.4, 0.5) is 4.79 Å². The number of benzene rings is 2. The summed E-state index contributed by atoms with van der Waals surface area (Å²) in [6, 6.07) is 16.1. The lowest BCUT2D eigenvalue weighted by Gasteiger charge is -2.29. The van der Waals surface area contributed by atoms with Crippen molar-refractivity contribution in [2.24, 2.45) is 0 Å². The second-order valence-electron chi connectivity index (χ2n) is 9.47. The number of carbonyl (C=O) groups is 3. The molecule has 0 radical (unpaired) electrons. The number of amides is 3. The van der Waals surface area contributed by atoms with E-state index >= 15 is 0 Å². The molecule has 1 fully saturated rings. The van der Waals surface area contributed by atoms with Gasteiger partial charge in [-0.15, -0.1) is 0 Å². The van der Waals surface area contributed by atoms with Crippen LogP contribution in [0.2, 0.25) is 0 Å². The zero-order valence-electron chi connectivity index (χ0n) is 20.7. The first-order valence-corrected chi connectivity index (χ1v) is 13.8. The molecular weight excluding hydrogens is 506 g/mol. The number of rotatable bonds is 6. The number of hydrogen-bond acceptors (Lipinski definition) is 6. The minimum Gasteiger partial charge on any atom is -0.445 e. The number of carbonyl (C=O) groups excluding carboxylic acids is 3. The van der Waals surface area contributed by atoms with Crippen LogP contribution in [-0.4, -0.2) is 69.4 Å². The van der Waals surface area contributed by atoms with E-state index in [1.54, 1.807) is 16.8 Å². The highest BCUT2D eigenvalue weighted by Gasteiger charge is 2.32. The molecule has 5 rings (SSSR count). The molecule has 37 heavy (non-hydrogen) atoms. The molecule has 1 saturated heterocycles. The van der Waals surface area contributed by atoms with E-state index in [2.05, 4.69) is 24.3 Å². The molecule has 1 atom stereocenters. The van der Waals surface area contributed by atoms with Gasteiger partial charge >= 0.3 is 6.09 Å². The normalized spacial score (nSPS) is 19.1. The fourth-order valence-electron chi connectivity index (χ4n) is 5.06. The van der Waals surface area contributed by atoms with Crippen molar-refractivity contribution in [1.29, 1.82) is 0 Å². The van der Waals surface area contributed by atoms with Gasteiger partial charge in [-0.05, 0) is 53.2 Å². The third-order valence-electron chi connectivity index (χ3n) is 7.22. The standard InChI is InChI=1S/C28H29N3O4S2/c1-29(27(34)35-17-19-5-3-2-4-6-19)24-10-9-21-7-8-22(15-23(21)24)20-11-13-30(14-12-20)25(32)16-31-26(33)18-37-28(31)36/h2-8,11,15,24H,9-10,12-14,16-18H2,1H3. The first-order chi connectivity index (χ1) is 17.9. The van der Waals surface area contributed by atoms with Gasteiger partial charge in [0.05, 0.1) is 11.8 Å². The first-order valence-electron chi connectivity index (χ1n) is 12.4. The molecule has 192 valence electrons. The summed E-state index contributed by atoms with van der Waals surface area (Å²) in [5.41, 5.74) is 5.69. The number of ether oxygens (including phenoxy) is 1. The van der Waals surface area contributed by atoms with E-state index in [0.717, 1.165) is 36.0 Å². The molecule has 1 aliphatic carbocycles. The van der Waals surface area contributed by atoms with E-state index in [9.17, 15) is 14.4 Å². The fraction of sp³-hybridized carbons (Fsp3) is 0.357. The van der Waals surface area contributed by atoms with Crippen LogP contribution in [0.3, 0.4) is 0 Å². The van der Waals surface area contributed by atoms with Gasteiger partial charge in [-0.3, -0.25) is 14.5 Å². The molecule has 0 saturated carbocycles. The number of fused-ring (bicyclic) bond motifs is 1. The van der Waals surface area contributed by atoms with Crippen LogP contribution in [0, 0.1) is 0 Å². The monoisotopic (exact) mass is 535 g/mol. The van der Waals surface area contributed by atoms with E-state index in [1.807, 2.05) is 30.3 Å². The van der Waals surface area contributed by atoms with Crippen LogP contribution in [0.1, 0.15) is 41.1 Å². The summed E-state index contributed by atoms with van der Waals surface area (Å²) in [5, 5.41) is 0. The Morgan fingerprint density at radius 1 is 1.16 bits per heavy atom. The predicted molar refractivity (Wildman–Crippen MR) is 148 cm³/mol. The van der Waals surface area contributed by atoms with Crippen molar-refractivity contribution in [3.8, 4) is 0 Å². The number of hydrogen-bond donors (Lipinski definition) is 0. The molecule has 0 aromatic heterocycles. The van der Waals surface area contributed by atoms with Crippen molar-refractivity contribution >= 4 is 51.8 Å². The van der Waals surface area contributed by atoms with Crippen LogP contribution in [-0.2, 0) is 27.4 Å². The van der Waals surface area contributed by atoms with Gasteiger partial charge in [0.25, 0.3) is 0 Å². The van der Waals surface area contributed by atoms with Crippen LogP contribution >= 0.6 is 24.0 Å². The highest BCUT2D eigenvalue weighted by Crippen LogP contribution is 2.38. The fourth-order valence-corrected chi connectivity index (χ4v) is 6.13. The van der Waals surface area contributed by atoms with Crippen molar-refractivity contribution in [2.45, 2.75) is 31.9 Å². The second kappa shape index (κ2) is 11.1. The van der Waals surface area contributed by atoms with Crippen molar-refractivity contribution in [1.82, 2.24) is 14.7 Å². The molecule has 9 heteroatoms. The van der Waals surface area contributed by atoms with E-state index in [0.29, 0.717) is 23.2 Å². The minimum atomic E-state index is -0.326. The molecule has 7 nitrogen and oxygen atoms in total. The van der Waals surface area contributed by atoms with Crippen LogP contribution < -0.4 is 0 Å². The van der Waals surface area contributed by atoms with Gasteiger partial charge in [-0.2, -0.15) is 0 Å². The van der Waals surface area contributed by atoms with Gasteiger partial charge in [0, 0.05) is 20.1 Å². The summed E-state index contributed by atoms with van der Waals surface area (Å²) < 4.78 is 6.04. The Hall–Kier alpha value is -3.17. The van der Waals surface area contributed by atoms with Crippen molar-refractivity contribution < 1.29 is 19.1 Å². The average Bonchev–Trinajstić information content (AvgIpc) is 3.50. The van der Waals surface area contributed by atoms with Crippen LogP contribution in [0.25, 0.3) is 5.57 Å². The summed E-state index contributed by atoms with van der Waals surface area (Å²) in [6.07, 6.45) is 4.29. The lowest BCUT2D eigenvalue weighted by molar-refractivity contribution is -0.135. The quantitative estimate of drug-likeness (QED) is 0.510. The number of aryl methyl sites for hydroxylation is 1. The predicted octanol–water partition coefficient (Wildman–Crippen LogP) is 4.42. The summed E-state index contributed by atoms with van der Waals surface area (Å²) >= 11 is 6.50. The Morgan fingerprint density at radius 3 is 2.68 bits per heavy atom. The van der Waals surface area contributed by atoms with Gasteiger partial charge in [-0.1, -0.05) is 72.5 Å². The Morgan fingerprint density at radius 2 is 1.97 bits per heavy atom. The topological polar surface area (TPSA) is 70.2 Å². The summed E-state index contributed by atoms with van der Waals surface area (Å²) in [7, 11) is 1.80. The van der Waals surface area contributed by atoms with Crippen LogP contribution in [0.15, 0.2) is 54.6 Å². The third-order valence-corrected chi connectivity index (χ3v) is 8.65. The zero-order chi connectivity index (χ0) is 25.9. The summed E-state index contributed by atoms with van der Waals surface area (Å²) in [6.45, 7) is 1.37. The largest absolute Gasteiger partial charge is 0.445 e. The molecule has 2 aliphatic heterocycles. The lowest BCUT2D eigenvalue weighted by Crippen LogP contribution is -2.43. The summed E-state index contributed by atoms with van der Waals surface area (Å²) in [5.74, 6) is 0.131. The maximum atomic E-state index is 12.8. The molecule has 0 spiro atoms. The number of nitrogens with zero attached hydrogens (tertiary/aromatic N) is 3. The number of thiocarbonyl (C=S) groups is 1. The molecule has 2 aromatic carbocycles. The highest BCUT2D eigenvalue weighted by molar-refractivity contribution is 8.23. The first kappa shape index (κ1) is 25.5. The van der Waals surface area contributed by atoms with Gasteiger partial charge in [-0.25, -0.2) is 4.79 Å². The van der Waals surface area contributed by atoms with Crippen LogP contribution in [0.5, 0.6) is 0 Å². The molecule has 0 N–H and O–H groups in total. The Labute approximate surface area is 226 Å². The smallest absolute Gasteiger partial charge is 0.410 e. The second-order valence-corrected chi connectivity index (χ2v) is 11.1. The van der Waals surface area contributed by atoms with E-state index < -0.39 is 0 Å². The maximum absolute atomic E-state index is 12.8. The summed E-state index contributed by atoms with van der Waals surface area (Å²) in [4.78, 5) is 42.4. The Balaban J connectivity index is 1.22. The molecule has 2 aromatic rings. The zero-order valence-corrected chi connectivity index (χ0v) is 22.4.